The summed E-state index contributed by atoms with van der Waals surface area (Å²) >= 11 is 2.27. The highest BCUT2D eigenvalue weighted by Gasteiger charge is 2.35. The van der Waals surface area contributed by atoms with Crippen molar-refractivity contribution in [2.45, 2.75) is 51.4 Å². The fraction of sp³-hybridized carbons (Fsp3) is 1.00. The molecule has 0 spiro atoms. The molecule has 0 radical (unpaired) electrons. The third-order valence-corrected chi connectivity index (χ3v) is 4.76. The van der Waals surface area contributed by atoms with Crippen molar-refractivity contribution in [3.05, 3.63) is 0 Å². The van der Waals surface area contributed by atoms with Gasteiger partial charge in [0.2, 0.25) is 0 Å². The molecule has 0 aliphatic carbocycles. The largest absolute Gasteiger partial charge is 0.370 e. The first-order chi connectivity index (χ1) is 7.58. The van der Waals surface area contributed by atoms with Crippen molar-refractivity contribution in [3.63, 3.8) is 0 Å². The molecule has 17 heavy (non-hydrogen) atoms. The van der Waals surface area contributed by atoms with Gasteiger partial charge in [0.05, 0.1) is 17.5 Å². The van der Waals surface area contributed by atoms with Crippen LogP contribution >= 0.6 is 22.9 Å². The topological polar surface area (TPSA) is 46.6 Å². The van der Waals surface area contributed by atoms with Crippen LogP contribution in [0, 0.1) is 0 Å². The van der Waals surface area contributed by atoms with Crippen LogP contribution in [-0.4, -0.2) is 47.8 Å². The summed E-state index contributed by atoms with van der Waals surface area (Å²) in [4.78, 5) is 0. The first-order valence-corrected chi connectivity index (χ1v) is 8.89. The Labute approximate surface area is 118 Å². The van der Waals surface area contributed by atoms with Gasteiger partial charge >= 0.3 is 0 Å². The Morgan fingerprint density at radius 3 is 2.41 bits per heavy atom. The van der Waals surface area contributed by atoms with Gasteiger partial charge in [0, 0.05) is 41.7 Å². The molecule has 0 saturated carbocycles. The van der Waals surface area contributed by atoms with E-state index in [1.807, 2.05) is 20.8 Å². The first kappa shape index (κ1) is 15.7. The third-order valence-electron chi connectivity index (χ3n) is 2.63. The lowest BCUT2D eigenvalue weighted by Crippen LogP contribution is -2.44. The van der Waals surface area contributed by atoms with Crippen LogP contribution in [0.5, 0.6) is 0 Å². The molecule has 0 unspecified atom stereocenters. The minimum absolute atomic E-state index is 0.106. The molecule has 2 atom stereocenters. The van der Waals surface area contributed by atoms with Crippen LogP contribution in [0.15, 0.2) is 0 Å². The summed E-state index contributed by atoms with van der Waals surface area (Å²) in [6.07, 6.45) is 3.17. The smallest absolute Gasteiger partial charge is 0.150 e. The van der Waals surface area contributed by atoms with Crippen LogP contribution in [0.1, 0.15) is 33.6 Å². The highest BCUT2D eigenvalue weighted by Crippen LogP contribution is 2.28. The maximum atomic E-state index is 11.5. The molecule has 1 aliphatic heterocycles. The summed E-state index contributed by atoms with van der Waals surface area (Å²) in [6, 6.07) is 0.213. The molecule has 102 valence electrons. The van der Waals surface area contributed by atoms with Gasteiger partial charge in [-0.3, -0.25) is 0 Å². The average molecular weight is 375 g/mol. The van der Waals surface area contributed by atoms with E-state index < -0.39 is 9.84 Å². The van der Waals surface area contributed by atoms with Gasteiger partial charge in [0.15, 0.2) is 0 Å². The molecule has 0 aromatic carbocycles. The Kier molecular flexibility index (Phi) is 5.26. The van der Waals surface area contributed by atoms with E-state index in [9.17, 15) is 8.42 Å². The van der Waals surface area contributed by atoms with Crippen LogP contribution in [0.4, 0.5) is 0 Å². The summed E-state index contributed by atoms with van der Waals surface area (Å²) < 4.78 is 31.1. The van der Waals surface area contributed by atoms with Gasteiger partial charge in [0.1, 0.15) is 9.84 Å². The standard InChI is InChI=1S/C11H22INO3S/c1-11(2,3)16-10(8-17(4,14)15)9-6-5-7-13(9)12/h9-10H,5-8H2,1-4H3/t9-,10+/m0/s1. The van der Waals surface area contributed by atoms with Gasteiger partial charge in [-0.05, 0) is 33.6 Å². The number of rotatable bonds is 4. The van der Waals surface area contributed by atoms with Crippen molar-refractivity contribution < 1.29 is 13.2 Å². The summed E-state index contributed by atoms with van der Waals surface area (Å²) in [6.45, 7) is 6.91. The molecule has 0 amide bonds. The Morgan fingerprint density at radius 1 is 1.47 bits per heavy atom. The van der Waals surface area contributed by atoms with Crippen molar-refractivity contribution in [1.82, 2.24) is 3.11 Å². The predicted octanol–water partition coefficient (Wildman–Crippen LogP) is 2.03. The molecule has 0 bridgehead atoms. The zero-order valence-corrected chi connectivity index (χ0v) is 13.9. The molecule has 0 aromatic rings. The molecule has 0 aromatic heterocycles. The minimum atomic E-state index is -3.01. The SMILES string of the molecule is CC(C)(C)O[C@H](CS(C)(=O)=O)[C@@H]1CCCN1I. The van der Waals surface area contributed by atoms with E-state index in [0.717, 1.165) is 19.4 Å². The molecular formula is C11H22INO3S. The fourth-order valence-corrected chi connectivity index (χ4v) is 3.97. The summed E-state index contributed by atoms with van der Waals surface area (Å²) in [5.74, 6) is 0.106. The van der Waals surface area contributed by atoms with E-state index in [1.165, 1.54) is 6.26 Å². The maximum absolute atomic E-state index is 11.5. The third kappa shape index (κ3) is 5.85. The van der Waals surface area contributed by atoms with E-state index in [1.54, 1.807) is 0 Å². The second kappa shape index (κ2) is 5.71. The average Bonchev–Trinajstić information content (AvgIpc) is 2.44. The monoisotopic (exact) mass is 375 g/mol. The normalized spacial score (nSPS) is 25.1. The van der Waals surface area contributed by atoms with Crippen molar-refractivity contribution in [3.8, 4) is 0 Å². The first-order valence-electron chi connectivity index (χ1n) is 5.86. The van der Waals surface area contributed by atoms with Crippen molar-refractivity contribution in [2.75, 3.05) is 18.6 Å². The summed E-state index contributed by atoms with van der Waals surface area (Å²) in [5, 5.41) is 0. The van der Waals surface area contributed by atoms with Crippen molar-refractivity contribution >= 4 is 32.7 Å². The number of hydrogen-bond acceptors (Lipinski definition) is 4. The molecule has 4 nitrogen and oxygen atoms in total. The van der Waals surface area contributed by atoms with Gasteiger partial charge in [0.25, 0.3) is 0 Å². The van der Waals surface area contributed by atoms with E-state index in [4.69, 9.17) is 4.74 Å². The highest BCUT2D eigenvalue weighted by atomic mass is 127. The molecule has 1 fully saturated rings. The molecule has 1 heterocycles. The van der Waals surface area contributed by atoms with Crippen LogP contribution < -0.4 is 0 Å². The van der Waals surface area contributed by atoms with Crippen LogP contribution in [0.2, 0.25) is 0 Å². The van der Waals surface area contributed by atoms with Crippen LogP contribution in [0.3, 0.4) is 0 Å². The van der Waals surface area contributed by atoms with E-state index in [-0.39, 0.29) is 23.5 Å². The van der Waals surface area contributed by atoms with Gasteiger partial charge < -0.3 is 4.74 Å². The number of sulfone groups is 1. The van der Waals surface area contributed by atoms with Gasteiger partial charge in [-0.1, -0.05) is 0 Å². The number of halogens is 1. The number of hydrogen-bond donors (Lipinski definition) is 0. The molecule has 1 aliphatic rings. The molecule has 1 rings (SSSR count). The lowest BCUT2D eigenvalue weighted by Gasteiger charge is -2.33. The second-order valence-electron chi connectivity index (χ2n) is 5.69. The highest BCUT2D eigenvalue weighted by molar-refractivity contribution is 14.1. The van der Waals surface area contributed by atoms with Crippen LogP contribution in [0.25, 0.3) is 0 Å². The van der Waals surface area contributed by atoms with Crippen molar-refractivity contribution in [1.29, 1.82) is 0 Å². The zero-order chi connectivity index (χ0) is 13.3. The van der Waals surface area contributed by atoms with Gasteiger partial charge in [-0.25, -0.2) is 11.5 Å². The molecule has 6 heteroatoms. The molecule has 1 saturated heterocycles. The Hall–Kier alpha value is 0.600. The van der Waals surface area contributed by atoms with Crippen LogP contribution in [-0.2, 0) is 14.6 Å². The lowest BCUT2D eigenvalue weighted by molar-refractivity contribution is -0.0680. The molecular weight excluding hydrogens is 353 g/mol. The van der Waals surface area contributed by atoms with Crippen molar-refractivity contribution in [2.24, 2.45) is 0 Å². The Bertz CT molecular complexity index is 350. The quantitative estimate of drug-likeness (QED) is 0.557. The van der Waals surface area contributed by atoms with E-state index in [0.29, 0.717) is 0 Å². The number of ether oxygens (including phenoxy) is 1. The Morgan fingerprint density at radius 2 is 2.06 bits per heavy atom. The maximum Gasteiger partial charge on any atom is 0.150 e. The number of nitrogens with zero attached hydrogens (tertiary/aromatic N) is 1. The lowest BCUT2D eigenvalue weighted by atomic mass is 10.1. The Balaban J connectivity index is 2.78. The predicted molar refractivity (Wildman–Crippen MR) is 78.1 cm³/mol. The summed E-state index contributed by atoms with van der Waals surface area (Å²) in [5.41, 5.74) is -0.310. The fourth-order valence-electron chi connectivity index (χ4n) is 2.10. The van der Waals surface area contributed by atoms with E-state index in [2.05, 4.69) is 26.0 Å². The minimum Gasteiger partial charge on any atom is -0.370 e. The summed E-state index contributed by atoms with van der Waals surface area (Å²) in [7, 11) is -3.01. The molecule has 0 N–H and O–H groups in total. The van der Waals surface area contributed by atoms with Gasteiger partial charge in [-0.15, -0.1) is 0 Å². The second-order valence-corrected chi connectivity index (χ2v) is 9.12. The van der Waals surface area contributed by atoms with E-state index >= 15 is 0 Å². The zero-order valence-electron chi connectivity index (χ0n) is 10.9. The van der Waals surface area contributed by atoms with Gasteiger partial charge in [-0.2, -0.15) is 0 Å².